The Hall–Kier alpha value is -1.16. The predicted octanol–water partition coefficient (Wildman–Crippen LogP) is 1.82. The number of pyridine rings is 1. The summed E-state index contributed by atoms with van der Waals surface area (Å²) in [5.74, 6) is -0.470. The molecule has 0 aromatic carbocycles. The van der Waals surface area contributed by atoms with E-state index in [0.29, 0.717) is 6.42 Å². The second-order valence-corrected chi connectivity index (χ2v) is 3.70. The summed E-state index contributed by atoms with van der Waals surface area (Å²) in [5, 5.41) is 8.79. The number of aromatic nitrogens is 1. The number of nitrogens with zero attached hydrogens (tertiary/aromatic N) is 2. The summed E-state index contributed by atoms with van der Waals surface area (Å²) >= 11 is 0. The van der Waals surface area contributed by atoms with Crippen LogP contribution in [-0.2, 0) is 0 Å². The van der Waals surface area contributed by atoms with E-state index in [4.69, 9.17) is 5.11 Å². The third kappa shape index (κ3) is 3.47. The van der Waals surface area contributed by atoms with Crippen molar-refractivity contribution >= 4 is 5.69 Å². The Morgan fingerprint density at radius 3 is 2.80 bits per heavy atom. The Bertz CT molecular complexity index is 304. The van der Waals surface area contributed by atoms with Crippen molar-refractivity contribution in [3.63, 3.8) is 0 Å². The molecule has 1 rings (SSSR count). The first-order chi connectivity index (χ1) is 7.15. The summed E-state index contributed by atoms with van der Waals surface area (Å²) < 4.78 is 12.9. The van der Waals surface area contributed by atoms with Gasteiger partial charge in [0.05, 0.1) is 0 Å². The molecular formula is C11H17FN2O. The topological polar surface area (TPSA) is 36.4 Å². The number of halogens is 1. The van der Waals surface area contributed by atoms with Crippen LogP contribution in [0.2, 0.25) is 0 Å². The Labute approximate surface area is 89.6 Å². The first-order valence-corrected chi connectivity index (χ1v) is 5.14. The third-order valence-corrected chi connectivity index (χ3v) is 2.22. The molecule has 1 N–H and O–H groups in total. The highest BCUT2D eigenvalue weighted by Gasteiger charge is 2.10. The number of aliphatic hydroxyl groups is 1. The smallest absolute Gasteiger partial charge is 0.214 e. The molecule has 0 aliphatic carbocycles. The van der Waals surface area contributed by atoms with Crippen LogP contribution in [0.4, 0.5) is 10.1 Å². The number of hydrogen-bond acceptors (Lipinski definition) is 3. The van der Waals surface area contributed by atoms with E-state index in [1.54, 1.807) is 6.07 Å². The van der Waals surface area contributed by atoms with Gasteiger partial charge in [0.25, 0.3) is 0 Å². The van der Waals surface area contributed by atoms with Crippen LogP contribution in [0.5, 0.6) is 0 Å². The van der Waals surface area contributed by atoms with Crippen LogP contribution in [0.25, 0.3) is 0 Å². The average Bonchev–Trinajstić information content (AvgIpc) is 2.18. The molecule has 0 saturated heterocycles. The minimum absolute atomic E-state index is 0.150. The van der Waals surface area contributed by atoms with Crippen molar-refractivity contribution < 1.29 is 9.50 Å². The standard InChI is InChI=1S/C11H17FN2O/c1-9(2)14(6-3-7-15)10-4-5-13-11(12)8-10/h4-5,8-9,15H,3,6-7H2,1-2H3. The fourth-order valence-corrected chi connectivity index (χ4v) is 1.50. The molecule has 0 amide bonds. The SMILES string of the molecule is CC(C)N(CCCO)c1ccnc(F)c1. The third-order valence-electron chi connectivity index (χ3n) is 2.22. The fraction of sp³-hybridized carbons (Fsp3) is 0.545. The van der Waals surface area contributed by atoms with Crippen LogP contribution < -0.4 is 4.90 Å². The molecule has 0 fully saturated rings. The van der Waals surface area contributed by atoms with Gasteiger partial charge in [-0.05, 0) is 26.3 Å². The maximum Gasteiger partial charge on any atom is 0.214 e. The van der Waals surface area contributed by atoms with Crippen LogP contribution in [0, 0.1) is 5.95 Å². The molecule has 3 nitrogen and oxygen atoms in total. The molecule has 0 atom stereocenters. The molecular weight excluding hydrogens is 195 g/mol. The van der Waals surface area contributed by atoms with Gasteiger partial charge in [0.2, 0.25) is 5.95 Å². The highest BCUT2D eigenvalue weighted by molar-refractivity contribution is 5.45. The van der Waals surface area contributed by atoms with E-state index in [-0.39, 0.29) is 12.6 Å². The second-order valence-electron chi connectivity index (χ2n) is 3.70. The molecule has 84 valence electrons. The molecule has 0 saturated carbocycles. The van der Waals surface area contributed by atoms with Crippen molar-refractivity contribution in [2.75, 3.05) is 18.1 Å². The van der Waals surface area contributed by atoms with Crippen molar-refractivity contribution in [3.8, 4) is 0 Å². The molecule has 0 aliphatic rings. The molecule has 0 spiro atoms. The van der Waals surface area contributed by atoms with Gasteiger partial charge in [-0.15, -0.1) is 0 Å². The highest BCUT2D eigenvalue weighted by Crippen LogP contribution is 2.17. The highest BCUT2D eigenvalue weighted by atomic mass is 19.1. The van der Waals surface area contributed by atoms with Gasteiger partial charge in [0.1, 0.15) is 0 Å². The molecule has 4 heteroatoms. The lowest BCUT2D eigenvalue weighted by Crippen LogP contribution is -2.32. The Morgan fingerprint density at radius 1 is 1.53 bits per heavy atom. The lowest BCUT2D eigenvalue weighted by Gasteiger charge is -2.28. The average molecular weight is 212 g/mol. The largest absolute Gasteiger partial charge is 0.396 e. The predicted molar refractivity (Wildman–Crippen MR) is 58.4 cm³/mol. The van der Waals surface area contributed by atoms with Gasteiger partial charge in [-0.25, -0.2) is 4.98 Å². The van der Waals surface area contributed by atoms with Crippen LogP contribution in [0.3, 0.4) is 0 Å². The minimum Gasteiger partial charge on any atom is -0.396 e. The number of aliphatic hydroxyl groups excluding tert-OH is 1. The second kappa shape index (κ2) is 5.66. The Morgan fingerprint density at radius 2 is 2.27 bits per heavy atom. The molecule has 0 radical (unpaired) electrons. The summed E-state index contributed by atoms with van der Waals surface area (Å²) in [6.45, 7) is 4.94. The van der Waals surface area contributed by atoms with Gasteiger partial charge in [-0.3, -0.25) is 0 Å². The minimum atomic E-state index is -0.470. The van der Waals surface area contributed by atoms with Crippen molar-refractivity contribution in [1.82, 2.24) is 4.98 Å². The van der Waals surface area contributed by atoms with E-state index in [9.17, 15) is 4.39 Å². The van der Waals surface area contributed by atoms with E-state index < -0.39 is 5.95 Å². The van der Waals surface area contributed by atoms with Crippen LogP contribution in [0.15, 0.2) is 18.3 Å². The number of anilines is 1. The van der Waals surface area contributed by atoms with E-state index in [1.807, 2.05) is 18.7 Å². The summed E-state index contributed by atoms with van der Waals surface area (Å²) in [4.78, 5) is 5.56. The summed E-state index contributed by atoms with van der Waals surface area (Å²) in [7, 11) is 0. The van der Waals surface area contributed by atoms with Gasteiger partial charge < -0.3 is 10.0 Å². The van der Waals surface area contributed by atoms with Crippen LogP contribution in [-0.4, -0.2) is 29.3 Å². The zero-order valence-corrected chi connectivity index (χ0v) is 9.15. The molecule has 0 aliphatic heterocycles. The molecule has 0 unspecified atom stereocenters. The first-order valence-electron chi connectivity index (χ1n) is 5.14. The normalized spacial score (nSPS) is 10.7. The summed E-state index contributed by atoms with van der Waals surface area (Å²) in [5.41, 5.74) is 0.811. The zero-order valence-electron chi connectivity index (χ0n) is 9.15. The van der Waals surface area contributed by atoms with Crippen molar-refractivity contribution in [2.45, 2.75) is 26.3 Å². The fourth-order valence-electron chi connectivity index (χ4n) is 1.50. The monoisotopic (exact) mass is 212 g/mol. The van der Waals surface area contributed by atoms with Crippen LogP contribution in [0.1, 0.15) is 20.3 Å². The van der Waals surface area contributed by atoms with Gasteiger partial charge in [0, 0.05) is 37.1 Å². The molecule has 1 aromatic rings. The molecule has 15 heavy (non-hydrogen) atoms. The first kappa shape index (κ1) is 11.9. The lowest BCUT2D eigenvalue weighted by molar-refractivity contribution is 0.288. The number of rotatable bonds is 5. The lowest BCUT2D eigenvalue weighted by atomic mass is 10.2. The van der Waals surface area contributed by atoms with Gasteiger partial charge in [0.15, 0.2) is 0 Å². The van der Waals surface area contributed by atoms with Crippen molar-refractivity contribution in [2.24, 2.45) is 0 Å². The van der Waals surface area contributed by atoms with Crippen molar-refractivity contribution in [1.29, 1.82) is 0 Å². The summed E-state index contributed by atoms with van der Waals surface area (Å²) in [6.07, 6.45) is 2.14. The molecule has 1 aromatic heterocycles. The maximum atomic E-state index is 12.9. The Kier molecular flexibility index (Phi) is 4.49. The van der Waals surface area contributed by atoms with Crippen LogP contribution >= 0.6 is 0 Å². The maximum absolute atomic E-state index is 12.9. The van der Waals surface area contributed by atoms with Gasteiger partial charge in [-0.1, -0.05) is 0 Å². The Balaban J connectivity index is 2.79. The van der Waals surface area contributed by atoms with Gasteiger partial charge >= 0.3 is 0 Å². The van der Waals surface area contributed by atoms with E-state index in [1.165, 1.54) is 12.3 Å². The number of hydrogen-bond donors (Lipinski definition) is 1. The zero-order chi connectivity index (χ0) is 11.3. The quantitative estimate of drug-likeness (QED) is 0.756. The van der Waals surface area contributed by atoms with E-state index in [0.717, 1.165) is 12.2 Å². The van der Waals surface area contributed by atoms with Gasteiger partial charge in [-0.2, -0.15) is 4.39 Å². The summed E-state index contributed by atoms with van der Waals surface area (Å²) in [6, 6.07) is 3.47. The molecule has 0 bridgehead atoms. The van der Waals surface area contributed by atoms with Crippen molar-refractivity contribution in [3.05, 3.63) is 24.3 Å². The van der Waals surface area contributed by atoms with E-state index >= 15 is 0 Å². The molecule has 1 heterocycles. The van der Waals surface area contributed by atoms with E-state index in [2.05, 4.69) is 4.98 Å².